The van der Waals surface area contributed by atoms with Crippen LogP contribution in [0.2, 0.25) is 0 Å². The molecule has 0 bridgehead atoms. The van der Waals surface area contributed by atoms with Crippen LogP contribution in [-0.2, 0) is 15.7 Å². The second kappa shape index (κ2) is 11.8. The normalized spacial score (nSPS) is 13.7. The number of hydrogen-bond acceptors (Lipinski definition) is 5. The van der Waals surface area contributed by atoms with Crippen LogP contribution in [0.1, 0.15) is 46.2 Å². The fourth-order valence-electron chi connectivity index (χ4n) is 3.50. The van der Waals surface area contributed by atoms with Gasteiger partial charge in [-0.25, -0.2) is 4.79 Å². The predicted molar refractivity (Wildman–Crippen MR) is 130 cm³/mol. The number of amides is 1. The average molecular weight is 574 g/mol. The van der Waals surface area contributed by atoms with Crippen molar-refractivity contribution in [2.75, 3.05) is 16.8 Å². The van der Waals surface area contributed by atoms with E-state index in [4.69, 9.17) is 10.00 Å². The fourth-order valence-corrected chi connectivity index (χ4v) is 4.09. The number of carbonyl (C=O) groups is 2. The van der Waals surface area contributed by atoms with Crippen LogP contribution in [0.4, 0.5) is 29.3 Å². The molecule has 186 valence electrons. The first-order valence-electron chi connectivity index (χ1n) is 10.7. The summed E-state index contributed by atoms with van der Waals surface area (Å²) >= 11 is 3.37. The molecule has 0 spiro atoms. The van der Waals surface area contributed by atoms with Gasteiger partial charge in [-0.15, -0.1) is 0 Å². The second-order valence-electron chi connectivity index (χ2n) is 8.93. The summed E-state index contributed by atoms with van der Waals surface area (Å²) in [5.74, 6) is -0.224. The van der Waals surface area contributed by atoms with Crippen molar-refractivity contribution in [1.82, 2.24) is 0 Å². The van der Waals surface area contributed by atoms with Gasteiger partial charge in [-0.2, -0.15) is 18.4 Å². The maximum Gasteiger partial charge on any atom is 1.00 e. The van der Waals surface area contributed by atoms with Crippen LogP contribution in [0.3, 0.4) is 0 Å². The molecule has 36 heavy (non-hydrogen) atoms. The van der Waals surface area contributed by atoms with Gasteiger partial charge in [0, 0.05) is 27.9 Å². The van der Waals surface area contributed by atoms with E-state index >= 15 is 0 Å². The van der Waals surface area contributed by atoms with E-state index in [9.17, 15) is 22.8 Å². The van der Waals surface area contributed by atoms with Crippen LogP contribution in [0.5, 0.6) is 0 Å². The summed E-state index contributed by atoms with van der Waals surface area (Å²) in [5, 5.41) is 12.1. The number of ether oxygens (including phenoxy) is 1. The monoisotopic (exact) mass is 573 g/mol. The summed E-state index contributed by atoms with van der Waals surface area (Å²) < 4.78 is 45.3. The zero-order valence-electron chi connectivity index (χ0n) is 21.3. The molecule has 0 aliphatic heterocycles. The number of benzene rings is 2. The number of nitrogens with zero attached hydrogens (tertiary/aromatic N) is 2. The van der Waals surface area contributed by atoms with Crippen LogP contribution >= 0.6 is 15.9 Å². The van der Waals surface area contributed by atoms with Crippen molar-refractivity contribution in [1.29, 1.82) is 5.26 Å². The van der Waals surface area contributed by atoms with Gasteiger partial charge in [0.1, 0.15) is 5.60 Å². The van der Waals surface area contributed by atoms with Gasteiger partial charge < -0.3 is 11.5 Å². The molecule has 6 nitrogen and oxygen atoms in total. The number of carbonyl (C=O) groups excluding carboxylic acids is 2. The maximum atomic E-state index is 13.1. The van der Waals surface area contributed by atoms with E-state index in [2.05, 4.69) is 21.2 Å². The molecule has 0 fully saturated rings. The van der Waals surface area contributed by atoms with Gasteiger partial charge in [-0.1, -0.05) is 6.07 Å². The summed E-state index contributed by atoms with van der Waals surface area (Å²) in [7, 11) is 0. The van der Waals surface area contributed by atoms with E-state index < -0.39 is 23.4 Å². The first-order chi connectivity index (χ1) is 16.3. The minimum Gasteiger partial charge on any atom is -1.00 e. The Morgan fingerprint density at radius 1 is 1.19 bits per heavy atom. The van der Waals surface area contributed by atoms with E-state index in [0.717, 1.165) is 12.1 Å². The number of nitriles is 1. The number of alkyl halides is 3. The topological polar surface area (TPSA) is 82.4 Å². The van der Waals surface area contributed by atoms with E-state index in [0.29, 0.717) is 27.8 Å². The molecule has 2 aromatic rings. The standard InChI is InChI=1S/C25H23BrF3N3O3.Na.H/c1-24(2,3)35-23(34)32(21-9-7-15(13-30)11-19(21)26)14-18-20(8-10-22(18)33)31-17-6-4-5-16(12-17)25(27,28)29;;/h4-7,9,11-12,31H,8,10,14H2,1-3H3;;/q;+1;-1. The van der Waals surface area contributed by atoms with Gasteiger partial charge in [-0.3, -0.25) is 9.69 Å². The second-order valence-corrected chi connectivity index (χ2v) is 9.78. The average Bonchev–Trinajstić information content (AvgIpc) is 3.09. The molecular weight excluding hydrogens is 550 g/mol. The Balaban J connectivity index is 0.00000342. The predicted octanol–water partition coefficient (Wildman–Crippen LogP) is 3.93. The van der Waals surface area contributed by atoms with Crippen LogP contribution < -0.4 is 39.8 Å². The molecule has 0 saturated carbocycles. The number of Topliss-reactive ketones (excluding diaryl/α,β-unsaturated/α-hetero) is 1. The minimum absolute atomic E-state index is 0. The van der Waals surface area contributed by atoms with Crippen molar-refractivity contribution in [3.8, 4) is 6.07 Å². The Hall–Kier alpha value is -2.32. The Labute approximate surface area is 239 Å². The molecule has 1 aliphatic carbocycles. The largest absolute Gasteiger partial charge is 1.00 e. The zero-order chi connectivity index (χ0) is 26.0. The van der Waals surface area contributed by atoms with Crippen molar-refractivity contribution >= 4 is 39.2 Å². The third kappa shape index (κ3) is 7.59. The third-order valence-electron chi connectivity index (χ3n) is 5.09. The zero-order valence-corrected chi connectivity index (χ0v) is 23.9. The number of rotatable bonds is 5. The Bertz CT molecular complexity index is 1240. The molecule has 0 radical (unpaired) electrons. The van der Waals surface area contributed by atoms with E-state index in [1.807, 2.05) is 6.07 Å². The molecule has 0 atom stereocenters. The van der Waals surface area contributed by atoms with E-state index in [1.54, 1.807) is 32.9 Å². The molecule has 0 heterocycles. The molecule has 11 heteroatoms. The molecule has 0 saturated heterocycles. The summed E-state index contributed by atoms with van der Waals surface area (Å²) in [6.07, 6.45) is -4.77. The number of allylic oxidation sites excluding steroid dienone is 1. The SMILES string of the molecule is CC(C)(C)OC(=O)N(CC1=C(Nc2cccc(C(F)(F)F)c2)CCC1=O)c1ccc(C#N)cc1Br.[H-].[Na+]. The van der Waals surface area contributed by atoms with Crippen LogP contribution in [0.15, 0.2) is 58.2 Å². The summed E-state index contributed by atoms with van der Waals surface area (Å²) in [6.45, 7) is 4.95. The van der Waals surface area contributed by atoms with Gasteiger partial charge in [0.15, 0.2) is 5.78 Å². The molecule has 0 unspecified atom stereocenters. The van der Waals surface area contributed by atoms with Crippen molar-refractivity contribution in [3.63, 3.8) is 0 Å². The van der Waals surface area contributed by atoms with E-state index in [1.165, 1.54) is 23.1 Å². The Morgan fingerprint density at radius 2 is 1.89 bits per heavy atom. The van der Waals surface area contributed by atoms with E-state index in [-0.39, 0.29) is 61.0 Å². The molecule has 2 aromatic carbocycles. The number of anilines is 2. The number of halogens is 4. The maximum absolute atomic E-state index is 13.1. The van der Waals surface area contributed by atoms with Crippen molar-refractivity contribution in [2.24, 2.45) is 0 Å². The number of hydrogen-bond donors (Lipinski definition) is 1. The molecular formula is C25H24BrF3N3NaO3. The summed E-state index contributed by atoms with van der Waals surface area (Å²) in [5.41, 5.74) is 0.00633. The fraction of sp³-hybridized carbons (Fsp3) is 0.320. The smallest absolute Gasteiger partial charge is 1.00 e. The quantitative estimate of drug-likeness (QED) is 0.548. The first kappa shape index (κ1) is 29.9. The summed E-state index contributed by atoms with van der Waals surface area (Å²) in [4.78, 5) is 27.1. The van der Waals surface area contributed by atoms with Crippen LogP contribution in [0.25, 0.3) is 0 Å². The molecule has 1 amide bonds. The third-order valence-corrected chi connectivity index (χ3v) is 5.72. The molecule has 1 aliphatic rings. The molecule has 3 rings (SSSR count). The van der Waals surface area contributed by atoms with Gasteiger partial charge in [0.25, 0.3) is 0 Å². The summed E-state index contributed by atoms with van der Waals surface area (Å²) in [6, 6.07) is 11.3. The molecule has 0 aromatic heterocycles. The molecule has 1 N–H and O–H groups in total. The van der Waals surface area contributed by atoms with Gasteiger partial charge in [0.05, 0.1) is 29.4 Å². The van der Waals surface area contributed by atoms with Crippen molar-refractivity contribution < 1.29 is 58.5 Å². The van der Waals surface area contributed by atoms with Gasteiger partial charge in [-0.05, 0) is 79.5 Å². The minimum atomic E-state index is -4.50. The first-order valence-corrected chi connectivity index (χ1v) is 11.5. The number of nitrogens with one attached hydrogen (secondary N) is 1. The van der Waals surface area contributed by atoms with Gasteiger partial charge in [0.2, 0.25) is 0 Å². The van der Waals surface area contributed by atoms with Crippen molar-refractivity contribution in [2.45, 2.75) is 45.4 Å². The Morgan fingerprint density at radius 3 is 2.47 bits per heavy atom. The van der Waals surface area contributed by atoms with Crippen LogP contribution in [0, 0.1) is 11.3 Å². The van der Waals surface area contributed by atoms with Crippen LogP contribution in [-0.4, -0.2) is 24.0 Å². The van der Waals surface area contributed by atoms with Gasteiger partial charge >= 0.3 is 41.8 Å². The number of ketones is 1. The Kier molecular flexibility index (Phi) is 9.82. The van der Waals surface area contributed by atoms with Crippen molar-refractivity contribution in [3.05, 3.63) is 69.3 Å².